The number of nitriles is 1. The molecule has 1 aliphatic rings. The minimum Gasteiger partial charge on any atom is -0.422 e. The molecule has 24 heavy (non-hydrogen) atoms. The molecule has 0 unspecified atom stereocenters. The van der Waals surface area contributed by atoms with Gasteiger partial charge in [0.1, 0.15) is 11.6 Å². The quantitative estimate of drug-likeness (QED) is 0.870. The summed E-state index contributed by atoms with van der Waals surface area (Å²) in [4.78, 5) is 0. The molecule has 0 aliphatic carbocycles. The lowest BCUT2D eigenvalue weighted by molar-refractivity contribution is -0.137. The molecule has 1 atom stereocenters. The van der Waals surface area contributed by atoms with Crippen molar-refractivity contribution in [2.45, 2.75) is 19.0 Å². The smallest absolute Gasteiger partial charge is 0.416 e. The van der Waals surface area contributed by atoms with Crippen molar-refractivity contribution in [3.63, 3.8) is 0 Å². The zero-order valence-electron chi connectivity index (χ0n) is 12.8. The molecule has 0 saturated carbocycles. The van der Waals surface area contributed by atoms with Crippen LogP contribution in [0, 0.1) is 18.3 Å². The molecule has 0 spiro atoms. The molecule has 5 nitrogen and oxygen atoms in total. The van der Waals surface area contributed by atoms with E-state index in [1.165, 1.54) is 16.8 Å². The first-order valence-electron chi connectivity index (χ1n) is 7.02. The number of benzene rings is 1. The van der Waals surface area contributed by atoms with Gasteiger partial charge in [-0.15, -0.1) is 0 Å². The summed E-state index contributed by atoms with van der Waals surface area (Å²) in [6.45, 7) is 1.75. The number of hydrogen-bond acceptors (Lipinski definition) is 4. The fraction of sp³-hybridized carbons (Fsp3) is 0.250. The largest absolute Gasteiger partial charge is 0.422 e. The van der Waals surface area contributed by atoms with Crippen LogP contribution in [-0.2, 0) is 13.2 Å². The topological polar surface area (TPSA) is 76.9 Å². The number of alkyl halides is 3. The average Bonchev–Trinajstić information content (AvgIpc) is 2.79. The average molecular weight is 334 g/mol. The number of hydrogen-bond donors (Lipinski definition) is 1. The third-order valence-corrected chi connectivity index (χ3v) is 3.96. The van der Waals surface area contributed by atoms with E-state index in [0.717, 1.165) is 12.1 Å². The predicted octanol–water partition coefficient (Wildman–Crippen LogP) is 2.97. The van der Waals surface area contributed by atoms with Gasteiger partial charge in [-0.3, -0.25) is 0 Å². The van der Waals surface area contributed by atoms with Crippen LogP contribution >= 0.6 is 0 Å². The van der Waals surface area contributed by atoms with E-state index < -0.39 is 17.7 Å². The molecule has 0 fully saturated rings. The molecule has 1 aliphatic heterocycles. The second-order valence-corrected chi connectivity index (χ2v) is 5.47. The van der Waals surface area contributed by atoms with E-state index in [1.54, 1.807) is 14.0 Å². The van der Waals surface area contributed by atoms with Crippen molar-refractivity contribution in [1.29, 1.82) is 5.26 Å². The highest BCUT2D eigenvalue weighted by atomic mass is 19.4. The second kappa shape index (κ2) is 5.30. The van der Waals surface area contributed by atoms with E-state index >= 15 is 0 Å². The van der Waals surface area contributed by atoms with Crippen molar-refractivity contribution >= 4 is 0 Å². The Morgan fingerprint density at radius 3 is 2.46 bits per heavy atom. The van der Waals surface area contributed by atoms with Crippen molar-refractivity contribution in [2.75, 3.05) is 0 Å². The van der Waals surface area contributed by atoms with Crippen LogP contribution in [-0.4, -0.2) is 9.78 Å². The monoisotopic (exact) mass is 334 g/mol. The van der Waals surface area contributed by atoms with Gasteiger partial charge in [0.2, 0.25) is 11.8 Å². The number of nitrogens with two attached hydrogens (primary N) is 1. The van der Waals surface area contributed by atoms with Gasteiger partial charge >= 0.3 is 6.18 Å². The van der Waals surface area contributed by atoms with E-state index in [9.17, 15) is 18.4 Å². The van der Waals surface area contributed by atoms with Crippen LogP contribution in [0.4, 0.5) is 13.2 Å². The Bertz CT molecular complexity index is 872. The first kappa shape index (κ1) is 15.9. The van der Waals surface area contributed by atoms with E-state index in [0.29, 0.717) is 22.7 Å². The number of rotatable bonds is 1. The Morgan fingerprint density at radius 1 is 1.29 bits per heavy atom. The highest BCUT2D eigenvalue weighted by Gasteiger charge is 2.36. The molecule has 2 heterocycles. The van der Waals surface area contributed by atoms with E-state index in [1.807, 2.05) is 6.07 Å². The van der Waals surface area contributed by atoms with Crippen molar-refractivity contribution in [3.05, 3.63) is 58.1 Å². The molecular weight excluding hydrogens is 321 g/mol. The third-order valence-electron chi connectivity index (χ3n) is 3.96. The van der Waals surface area contributed by atoms with Crippen LogP contribution in [0.25, 0.3) is 0 Å². The Kier molecular flexibility index (Phi) is 3.52. The number of nitrogens with zero attached hydrogens (tertiary/aromatic N) is 3. The summed E-state index contributed by atoms with van der Waals surface area (Å²) in [7, 11) is 1.67. The van der Waals surface area contributed by atoms with Crippen LogP contribution in [0.3, 0.4) is 0 Å². The van der Waals surface area contributed by atoms with Gasteiger partial charge in [0, 0.05) is 7.05 Å². The number of aromatic nitrogens is 2. The third kappa shape index (κ3) is 2.38. The van der Waals surface area contributed by atoms with Gasteiger partial charge in [0.15, 0.2) is 0 Å². The maximum Gasteiger partial charge on any atom is 0.416 e. The van der Waals surface area contributed by atoms with Gasteiger partial charge in [0.25, 0.3) is 0 Å². The molecule has 1 aromatic carbocycles. The molecule has 2 aromatic rings. The summed E-state index contributed by atoms with van der Waals surface area (Å²) in [5, 5.41) is 13.7. The number of aryl methyl sites for hydroxylation is 2. The first-order valence-corrected chi connectivity index (χ1v) is 7.02. The van der Waals surface area contributed by atoms with Gasteiger partial charge in [-0.25, -0.2) is 4.68 Å². The molecule has 0 bridgehead atoms. The predicted molar refractivity (Wildman–Crippen MR) is 78.7 cm³/mol. The highest BCUT2D eigenvalue weighted by molar-refractivity contribution is 5.55. The molecule has 1 aromatic heterocycles. The number of fused-ring (bicyclic) bond motifs is 1. The van der Waals surface area contributed by atoms with Crippen molar-refractivity contribution in [3.8, 4) is 11.9 Å². The van der Waals surface area contributed by atoms with Crippen LogP contribution in [0.5, 0.6) is 5.88 Å². The summed E-state index contributed by atoms with van der Waals surface area (Å²) in [5.41, 5.74) is 6.99. The van der Waals surface area contributed by atoms with Crippen molar-refractivity contribution in [2.24, 2.45) is 12.8 Å². The van der Waals surface area contributed by atoms with Gasteiger partial charge in [-0.05, 0) is 24.6 Å². The number of ether oxygens (including phenoxy) is 1. The summed E-state index contributed by atoms with van der Waals surface area (Å²) in [6, 6.07) is 6.66. The first-order chi connectivity index (χ1) is 11.2. The fourth-order valence-corrected chi connectivity index (χ4v) is 2.87. The number of allylic oxidation sites excluding steroid dienone is 1. The Hall–Kier alpha value is -2.95. The van der Waals surface area contributed by atoms with Gasteiger partial charge in [-0.2, -0.15) is 23.5 Å². The molecule has 3 rings (SSSR count). The van der Waals surface area contributed by atoms with E-state index in [-0.39, 0.29) is 11.5 Å². The summed E-state index contributed by atoms with van der Waals surface area (Å²) in [5.74, 6) is -0.304. The number of halogens is 3. The second-order valence-electron chi connectivity index (χ2n) is 5.47. The Morgan fingerprint density at radius 2 is 1.92 bits per heavy atom. The summed E-state index contributed by atoms with van der Waals surface area (Å²) in [6.07, 6.45) is -4.42. The fourth-order valence-electron chi connectivity index (χ4n) is 2.87. The molecular formula is C16H13F3N4O. The highest BCUT2D eigenvalue weighted by Crippen LogP contribution is 2.43. The van der Waals surface area contributed by atoms with Crippen LogP contribution in [0.1, 0.15) is 28.3 Å². The zero-order chi connectivity index (χ0) is 17.6. The van der Waals surface area contributed by atoms with Crippen molar-refractivity contribution in [1.82, 2.24) is 9.78 Å². The van der Waals surface area contributed by atoms with Crippen LogP contribution < -0.4 is 10.5 Å². The maximum absolute atomic E-state index is 12.8. The minimum atomic E-state index is -4.42. The SMILES string of the molecule is Cc1nn(C)c2c1[C@@H](c1ccc(C(F)(F)F)cc1)C(C#N)=C(N)O2. The standard InChI is InChI=1S/C16H13F3N4O/c1-8-12-13(9-3-5-10(6-4-9)16(17,18)19)11(7-20)14(21)24-15(12)23(2)22-8/h3-6,13H,21H2,1-2H3/t13-/m0/s1. The minimum absolute atomic E-state index is 0.0714. The lowest BCUT2D eigenvalue weighted by atomic mass is 9.84. The molecule has 0 saturated heterocycles. The van der Waals surface area contributed by atoms with Crippen LogP contribution in [0.2, 0.25) is 0 Å². The van der Waals surface area contributed by atoms with E-state index in [4.69, 9.17) is 10.5 Å². The van der Waals surface area contributed by atoms with Gasteiger partial charge < -0.3 is 10.5 Å². The summed E-state index contributed by atoms with van der Waals surface area (Å²) < 4.78 is 45.2. The molecule has 0 radical (unpaired) electrons. The Labute approximate surface area is 135 Å². The Balaban J connectivity index is 2.17. The normalized spacial score (nSPS) is 17.2. The van der Waals surface area contributed by atoms with E-state index in [2.05, 4.69) is 5.10 Å². The van der Waals surface area contributed by atoms with Crippen LogP contribution in [0.15, 0.2) is 35.7 Å². The van der Waals surface area contributed by atoms with Gasteiger partial charge in [0.05, 0.1) is 22.7 Å². The molecule has 0 amide bonds. The maximum atomic E-state index is 12.8. The zero-order valence-corrected chi connectivity index (χ0v) is 12.8. The van der Waals surface area contributed by atoms with Crippen molar-refractivity contribution < 1.29 is 17.9 Å². The molecule has 124 valence electrons. The van der Waals surface area contributed by atoms with Gasteiger partial charge in [-0.1, -0.05) is 12.1 Å². The summed E-state index contributed by atoms with van der Waals surface area (Å²) >= 11 is 0. The molecule has 2 N–H and O–H groups in total. The lowest BCUT2D eigenvalue weighted by Gasteiger charge is -2.24. The lowest BCUT2D eigenvalue weighted by Crippen LogP contribution is -2.22. The molecule has 8 heteroatoms.